The van der Waals surface area contributed by atoms with Crippen molar-refractivity contribution >= 4 is 38.5 Å². The van der Waals surface area contributed by atoms with Crippen molar-refractivity contribution in [1.29, 1.82) is 0 Å². The highest BCUT2D eigenvalue weighted by Crippen LogP contribution is 2.23. The molecule has 2 atom stereocenters. The zero-order valence-electron chi connectivity index (χ0n) is 16.7. The van der Waals surface area contributed by atoms with Crippen LogP contribution in [0.15, 0.2) is 57.8 Å². The quantitative estimate of drug-likeness (QED) is 0.417. The van der Waals surface area contributed by atoms with E-state index >= 15 is 0 Å². The lowest BCUT2D eigenvalue weighted by Gasteiger charge is -2.13. The molecule has 160 valence electrons. The molecule has 1 aliphatic rings. The number of carbonyl (C=O) groups is 2. The molecule has 2 aromatic carbocycles. The summed E-state index contributed by atoms with van der Waals surface area (Å²) in [6.45, 7) is 2.10. The number of hydrogen-bond acceptors (Lipinski definition) is 6. The fourth-order valence-electron chi connectivity index (χ4n) is 3.52. The number of fused-ring (bicyclic) bond motifs is 1. The van der Waals surface area contributed by atoms with Crippen LogP contribution in [0.4, 0.5) is 0 Å². The van der Waals surface area contributed by atoms with Gasteiger partial charge in [0.05, 0.1) is 5.39 Å². The molecule has 1 fully saturated rings. The van der Waals surface area contributed by atoms with Crippen LogP contribution in [0.2, 0.25) is 0 Å². The highest BCUT2D eigenvalue weighted by molar-refractivity contribution is 9.10. The van der Waals surface area contributed by atoms with E-state index in [0.29, 0.717) is 23.7 Å². The van der Waals surface area contributed by atoms with Crippen LogP contribution in [0.25, 0.3) is 10.8 Å². The molecule has 0 radical (unpaired) electrons. The number of nitrogens with one attached hydrogen (secondary N) is 4. The predicted octanol–water partition coefficient (Wildman–Crippen LogP) is 1.55. The van der Waals surface area contributed by atoms with Crippen molar-refractivity contribution in [2.24, 2.45) is 0 Å². The van der Waals surface area contributed by atoms with Crippen molar-refractivity contribution in [3.05, 3.63) is 74.6 Å². The summed E-state index contributed by atoms with van der Waals surface area (Å²) in [5, 5.41) is 4.99. The van der Waals surface area contributed by atoms with Gasteiger partial charge in [0.25, 0.3) is 17.4 Å². The molecule has 31 heavy (non-hydrogen) atoms. The third-order valence-corrected chi connectivity index (χ3v) is 5.70. The molecule has 4 N–H and O–H groups in total. The molecule has 9 nitrogen and oxygen atoms in total. The van der Waals surface area contributed by atoms with Crippen molar-refractivity contribution in [1.82, 2.24) is 31.5 Å². The number of benzene rings is 2. The Morgan fingerprint density at radius 2 is 1.81 bits per heavy atom. The largest absolute Gasteiger partial charge is 0.290 e. The van der Waals surface area contributed by atoms with E-state index in [0.717, 1.165) is 10.0 Å². The molecule has 2 amide bonds. The van der Waals surface area contributed by atoms with E-state index in [9.17, 15) is 14.4 Å². The molecule has 2 unspecified atom stereocenters. The van der Waals surface area contributed by atoms with Crippen molar-refractivity contribution in [2.75, 3.05) is 0 Å². The number of aromatic nitrogens is 2. The molecule has 0 bridgehead atoms. The predicted molar refractivity (Wildman–Crippen MR) is 119 cm³/mol. The Labute approximate surface area is 186 Å². The lowest BCUT2D eigenvalue weighted by Crippen LogP contribution is -2.50. The third-order valence-electron chi connectivity index (χ3n) is 5.17. The number of carbonyl (C=O) groups excluding carboxylic acids is 2. The Balaban J connectivity index is 1.43. The van der Waals surface area contributed by atoms with Gasteiger partial charge in [0.15, 0.2) is 5.69 Å². The molecule has 0 spiro atoms. The first-order valence-electron chi connectivity index (χ1n) is 9.84. The van der Waals surface area contributed by atoms with Crippen LogP contribution in [-0.4, -0.2) is 27.6 Å². The highest BCUT2D eigenvalue weighted by Gasteiger charge is 2.30. The fourth-order valence-corrected chi connectivity index (χ4v) is 3.79. The van der Waals surface area contributed by atoms with E-state index in [1.807, 2.05) is 24.3 Å². The summed E-state index contributed by atoms with van der Waals surface area (Å²) in [4.78, 5) is 37.7. The maximum absolute atomic E-state index is 12.7. The lowest BCUT2D eigenvalue weighted by atomic mass is 10.0. The van der Waals surface area contributed by atoms with Gasteiger partial charge in [-0.2, -0.15) is 5.10 Å². The smallest absolute Gasteiger partial charge is 0.271 e. The average molecular weight is 485 g/mol. The highest BCUT2D eigenvalue weighted by atomic mass is 79.9. The molecule has 4 rings (SSSR count). The summed E-state index contributed by atoms with van der Waals surface area (Å²) >= 11 is 3.41. The number of aryl methyl sites for hydroxylation is 1. The van der Waals surface area contributed by atoms with Crippen LogP contribution in [0.3, 0.4) is 0 Å². The van der Waals surface area contributed by atoms with Gasteiger partial charge in [0.2, 0.25) is 0 Å². The molecular formula is C21H21BrN6O3. The van der Waals surface area contributed by atoms with Gasteiger partial charge in [-0.1, -0.05) is 46.3 Å². The molecule has 10 heteroatoms. The van der Waals surface area contributed by atoms with Crippen LogP contribution in [0.5, 0.6) is 0 Å². The van der Waals surface area contributed by atoms with Gasteiger partial charge in [-0.25, -0.2) is 15.5 Å². The molecule has 0 aliphatic carbocycles. The van der Waals surface area contributed by atoms with Gasteiger partial charge in [-0.05, 0) is 37.1 Å². The van der Waals surface area contributed by atoms with E-state index < -0.39 is 11.9 Å². The topological polar surface area (TPSA) is 117 Å². The molecular weight excluding hydrogens is 464 g/mol. The van der Waals surface area contributed by atoms with Gasteiger partial charge in [0, 0.05) is 22.4 Å². The fraction of sp³-hybridized carbons (Fsp3) is 0.238. The van der Waals surface area contributed by atoms with Crippen LogP contribution in [0, 0.1) is 0 Å². The number of halogens is 1. The van der Waals surface area contributed by atoms with E-state index in [1.54, 1.807) is 31.2 Å². The Morgan fingerprint density at radius 1 is 1.10 bits per heavy atom. The molecule has 1 saturated heterocycles. The Bertz CT molecular complexity index is 1190. The van der Waals surface area contributed by atoms with Crippen molar-refractivity contribution in [3.8, 4) is 0 Å². The van der Waals surface area contributed by atoms with Gasteiger partial charge in [-0.3, -0.25) is 25.2 Å². The summed E-state index contributed by atoms with van der Waals surface area (Å²) in [7, 11) is 0. The van der Waals surface area contributed by atoms with E-state index in [-0.39, 0.29) is 23.2 Å². The first-order chi connectivity index (χ1) is 15.0. The molecule has 0 saturated carbocycles. The van der Waals surface area contributed by atoms with E-state index in [2.05, 4.69) is 42.7 Å². The summed E-state index contributed by atoms with van der Waals surface area (Å²) in [6.07, 6.45) is 0.519. The Kier molecular flexibility index (Phi) is 6.12. The SMILES string of the molecule is CCn1nc(C(=O)NNC(=O)C2CC(c3ccc(Br)cc3)NN2)c2ccccc2c1=O. The van der Waals surface area contributed by atoms with E-state index in [4.69, 9.17) is 0 Å². The molecule has 3 aromatic rings. The minimum absolute atomic E-state index is 0.0294. The number of hydrogen-bond donors (Lipinski definition) is 4. The first kappa shape index (κ1) is 21.2. The van der Waals surface area contributed by atoms with Crippen LogP contribution in [0.1, 0.15) is 35.4 Å². The second-order valence-corrected chi connectivity index (χ2v) is 8.06. The third kappa shape index (κ3) is 4.36. The molecule has 2 heterocycles. The first-order valence-corrected chi connectivity index (χ1v) is 10.6. The number of amides is 2. The van der Waals surface area contributed by atoms with Crippen molar-refractivity contribution in [3.63, 3.8) is 0 Å². The lowest BCUT2D eigenvalue weighted by molar-refractivity contribution is -0.123. The van der Waals surface area contributed by atoms with Crippen LogP contribution in [-0.2, 0) is 11.3 Å². The second kappa shape index (κ2) is 8.96. The summed E-state index contributed by atoms with van der Waals surface area (Å²) in [5.74, 6) is -0.976. The Morgan fingerprint density at radius 3 is 2.52 bits per heavy atom. The van der Waals surface area contributed by atoms with E-state index in [1.165, 1.54) is 4.68 Å². The number of hydrazine groups is 2. The van der Waals surface area contributed by atoms with Gasteiger partial charge < -0.3 is 0 Å². The minimum atomic E-state index is -0.595. The maximum Gasteiger partial charge on any atom is 0.290 e. The summed E-state index contributed by atoms with van der Waals surface area (Å²) in [6, 6.07) is 14.1. The number of nitrogens with zero attached hydrogens (tertiary/aromatic N) is 2. The molecule has 1 aliphatic heterocycles. The zero-order valence-corrected chi connectivity index (χ0v) is 18.3. The standard InChI is InChI=1S/C21H21BrN6O3/c1-2-28-21(31)15-6-4-3-5-14(15)18(27-28)20(30)26-25-19(29)17-11-16(23-24-17)12-7-9-13(22)10-8-12/h3-10,16-17,23-24H,2,11H2,1H3,(H,25,29)(H,26,30). The van der Waals surface area contributed by atoms with Crippen LogP contribution < -0.4 is 27.3 Å². The molecule has 1 aromatic heterocycles. The number of rotatable bonds is 4. The summed E-state index contributed by atoms with van der Waals surface area (Å²) < 4.78 is 2.21. The van der Waals surface area contributed by atoms with Crippen LogP contribution >= 0.6 is 15.9 Å². The zero-order chi connectivity index (χ0) is 22.0. The second-order valence-electron chi connectivity index (χ2n) is 7.14. The minimum Gasteiger partial charge on any atom is -0.271 e. The van der Waals surface area contributed by atoms with Gasteiger partial charge in [-0.15, -0.1) is 0 Å². The average Bonchev–Trinajstić information content (AvgIpc) is 3.28. The van der Waals surface area contributed by atoms with Gasteiger partial charge in [0.1, 0.15) is 6.04 Å². The normalized spacial score (nSPS) is 18.1. The van der Waals surface area contributed by atoms with Gasteiger partial charge >= 0.3 is 0 Å². The monoisotopic (exact) mass is 484 g/mol. The maximum atomic E-state index is 12.7. The summed E-state index contributed by atoms with van der Waals surface area (Å²) in [5.41, 5.74) is 11.8. The van der Waals surface area contributed by atoms with Crippen molar-refractivity contribution < 1.29 is 9.59 Å². The van der Waals surface area contributed by atoms with Crippen molar-refractivity contribution in [2.45, 2.75) is 32.0 Å². The Hall–Kier alpha value is -3.08.